The van der Waals surface area contributed by atoms with Gasteiger partial charge in [0.1, 0.15) is 0 Å². The van der Waals surface area contributed by atoms with E-state index in [4.69, 9.17) is 4.74 Å². The normalized spacial score (nSPS) is 17.0. The SMILES string of the molecule is COCCN1CCN(Cc2ccnc(-n3c[c]cn3)c2)CC1. The maximum Gasteiger partial charge on any atom is 0.153 e. The molecule has 1 radical (unpaired) electrons. The molecule has 0 spiro atoms. The van der Waals surface area contributed by atoms with Gasteiger partial charge in [0.05, 0.1) is 12.8 Å². The summed E-state index contributed by atoms with van der Waals surface area (Å²) in [7, 11) is 1.76. The number of pyridine rings is 1. The highest BCUT2D eigenvalue weighted by atomic mass is 16.5. The molecule has 6 heteroatoms. The quantitative estimate of drug-likeness (QED) is 0.791. The molecule has 2 aromatic heterocycles. The highest BCUT2D eigenvalue weighted by Crippen LogP contribution is 2.11. The molecule has 6 nitrogen and oxygen atoms in total. The molecule has 0 aromatic carbocycles. The van der Waals surface area contributed by atoms with Crippen molar-refractivity contribution in [1.82, 2.24) is 24.6 Å². The maximum absolute atomic E-state index is 5.14. The lowest BCUT2D eigenvalue weighted by Crippen LogP contribution is -2.46. The smallest absolute Gasteiger partial charge is 0.153 e. The average Bonchev–Trinajstić information content (AvgIpc) is 3.09. The van der Waals surface area contributed by atoms with E-state index in [-0.39, 0.29) is 0 Å². The Morgan fingerprint density at radius 2 is 2.05 bits per heavy atom. The largest absolute Gasteiger partial charge is 0.383 e. The van der Waals surface area contributed by atoms with Gasteiger partial charge in [-0.05, 0) is 17.7 Å². The van der Waals surface area contributed by atoms with Crippen molar-refractivity contribution in [3.05, 3.63) is 42.4 Å². The molecule has 0 bridgehead atoms. The number of nitrogens with zero attached hydrogens (tertiary/aromatic N) is 5. The Balaban J connectivity index is 1.55. The third kappa shape index (κ3) is 3.91. The van der Waals surface area contributed by atoms with Gasteiger partial charge in [0.25, 0.3) is 0 Å². The van der Waals surface area contributed by atoms with Crippen molar-refractivity contribution in [3.63, 3.8) is 0 Å². The number of ether oxygens (including phenoxy) is 1. The van der Waals surface area contributed by atoms with Crippen LogP contribution in [0.5, 0.6) is 0 Å². The minimum absolute atomic E-state index is 0.814. The first-order chi connectivity index (χ1) is 10.8. The minimum Gasteiger partial charge on any atom is -0.383 e. The summed E-state index contributed by atoms with van der Waals surface area (Å²) in [5.74, 6) is 0.845. The van der Waals surface area contributed by atoms with E-state index in [1.165, 1.54) is 5.56 Å². The fourth-order valence-electron chi connectivity index (χ4n) is 2.69. The molecule has 3 rings (SSSR count). The van der Waals surface area contributed by atoms with E-state index in [0.717, 1.165) is 51.7 Å². The van der Waals surface area contributed by atoms with Crippen molar-refractivity contribution in [1.29, 1.82) is 0 Å². The second-order valence-corrected chi connectivity index (χ2v) is 5.52. The van der Waals surface area contributed by atoms with Crippen LogP contribution in [0.2, 0.25) is 0 Å². The summed E-state index contributed by atoms with van der Waals surface area (Å²) in [5, 5.41) is 4.18. The van der Waals surface area contributed by atoms with Gasteiger partial charge in [0.2, 0.25) is 0 Å². The Bertz CT molecular complexity index is 564. The molecule has 1 aliphatic heterocycles. The molecule has 0 aliphatic carbocycles. The third-order valence-corrected chi connectivity index (χ3v) is 3.98. The van der Waals surface area contributed by atoms with Crippen molar-refractivity contribution >= 4 is 0 Å². The molecule has 22 heavy (non-hydrogen) atoms. The monoisotopic (exact) mass is 300 g/mol. The van der Waals surface area contributed by atoms with Gasteiger partial charge in [-0.25, -0.2) is 9.67 Å². The van der Waals surface area contributed by atoms with Gasteiger partial charge in [-0.3, -0.25) is 9.80 Å². The summed E-state index contributed by atoms with van der Waals surface area (Å²) in [4.78, 5) is 9.30. The van der Waals surface area contributed by atoms with Crippen LogP contribution in [0.25, 0.3) is 5.82 Å². The van der Waals surface area contributed by atoms with Gasteiger partial charge >= 0.3 is 0 Å². The lowest BCUT2D eigenvalue weighted by atomic mass is 10.2. The summed E-state index contributed by atoms with van der Waals surface area (Å²) < 4.78 is 6.88. The molecule has 1 saturated heterocycles. The molecule has 2 aromatic rings. The van der Waals surface area contributed by atoms with Gasteiger partial charge in [-0.1, -0.05) is 0 Å². The zero-order valence-electron chi connectivity index (χ0n) is 13.0. The highest BCUT2D eigenvalue weighted by molar-refractivity contribution is 5.26. The zero-order valence-corrected chi connectivity index (χ0v) is 13.0. The van der Waals surface area contributed by atoms with E-state index in [1.54, 1.807) is 24.2 Å². The van der Waals surface area contributed by atoms with E-state index in [9.17, 15) is 0 Å². The van der Waals surface area contributed by atoms with Gasteiger partial charge in [-0.2, -0.15) is 5.10 Å². The summed E-state index contributed by atoms with van der Waals surface area (Å²) in [6, 6.07) is 7.11. The number of methoxy groups -OCH3 is 1. The summed E-state index contributed by atoms with van der Waals surface area (Å²) in [5.41, 5.74) is 1.27. The lowest BCUT2D eigenvalue weighted by Gasteiger charge is -2.34. The lowest BCUT2D eigenvalue weighted by molar-refractivity contribution is 0.0938. The van der Waals surface area contributed by atoms with E-state index in [2.05, 4.69) is 38.1 Å². The van der Waals surface area contributed by atoms with Gasteiger partial charge < -0.3 is 4.74 Å². The van der Waals surface area contributed by atoms with Crippen molar-refractivity contribution in [2.45, 2.75) is 6.54 Å². The second-order valence-electron chi connectivity index (χ2n) is 5.52. The fourth-order valence-corrected chi connectivity index (χ4v) is 2.69. The molecule has 3 heterocycles. The van der Waals surface area contributed by atoms with Crippen molar-refractivity contribution < 1.29 is 4.74 Å². The molecular weight excluding hydrogens is 278 g/mol. The molecular formula is C16H22N5O. The number of rotatable bonds is 6. The summed E-state index contributed by atoms with van der Waals surface area (Å²) >= 11 is 0. The van der Waals surface area contributed by atoms with Crippen molar-refractivity contribution in [2.24, 2.45) is 0 Å². The Labute approximate surface area is 131 Å². The van der Waals surface area contributed by atoms with Crippen LogP contribution in [0, 0.1) is 6.07 Å². The van der Waals surface area contributed by atoms with E-state index in [0.29, 0.717) is 0 Å². The fraction of sp³-hybridized carbons (Fsp3) is 0.500. The molecule has 0 unspecified atom stereocenters. The Kier molecular flexibility index (Phi) is 5.15. The van der Waals surface area contributed by atoms with Crippen LogP contribution in [-0.4, -0.2) is 71.0 Å². The average molecular weight is 300 g/mol. The predicted octanol–water partition coefficient (Wildman–Crippen LogP) is 0.831. The van der Waals surface area contributed by atoms with Crippen LogP contribution in [-0.2, 0) is 11.3 Å². The van der Waals surface area contributed by atoms with Gasteiger partial charge in [-0.15, -0.1) is 0 Å². The van der Waals surface area contributed by atoms with E-state index in [1.807, 2.05) is 6.20 Å². The van der Waals surface area contributed by atoms with Crippen LogP contribution in [0.15, 0.2) is 30.7 Å². The first-order valence-corrected chi connectivity index (χ1v) is 7.65. The first kappa shape index (κ1) is 15.1. The number of aromatic nitrogens is 3. The Morgan fingerprint density at radius 3 is 2.77 bits per heavy atom. The van der Waals surface area contributed by atoms with Gasteiger partial charge in [0.15, 0.2) is 5.82 Å². The maximum atomic E-state index is 5.14. The predicted molar refractivity (Wildman–Crippen MR) is 83.8 cm³/mol. The van der Waals surface area contributed by atoms with Crippen LogP contribution in [0.4, 0.5) is 0 Å². The number of piperazine rings is 1. The van der Waals surface area contributed by atoms with Crippen LogP contribution >= 0.6 is 0 Å². The van der Waals surface area contributed by atoms with Crippen molar-refractivity contribution in [2.75, 3.05) is 46.4 Å². The number of hydrogen-bond acceptors (Lipinski definition) is 5. The zero-order chi connectivity index (χ0) is 15.2. The molecule has 0 saturated carbocycles. The molecule has 0 atom stereocenters. The van der Waals surface area contributed by atoms with Crippen LogP contribution < -0.4 is 0 Å². The molecule has 117 valence electrons. The molecule has 1 fully saturated rings. The molecule has 1 aliphatic rings. The van der Waals surface area contributed by atoms with Crippen LogP contribution in [0.3, 0.4) is 0 Å². The third-order valence-electron chi connectivity index (χ3n) is 3.98. The Hall–Kier alpha value is -1.76. The molecule has 0 amide bonds. The van der Waals surface area contributed by atoms with Crippen molar-refractivity contribution in [3.8, 4) is 5.82 Å². The first-order valence-electron chi connectivity index (χ1n) is 7.65. The van der Waals surface area contributed by atoms with Gasteiger partial charge in [0, 0.05) is 64.8 Å². The van der Waals surface area contributed by atoms with E-state index < -0.39 is 0 Å². The highest BCUT2D eigenvalue weighted by Gasteiger charge is 2.16. The Morgan fingerprint density at radius 1 is 1.23 bits per heavy atom. The summed E-state index contributed by atoms with van der Waals surface area (Å²) in [6.07, 6.45) is 5.29. The second kappa shape index (κ2) is 7.49. The van der Waals surface area contributed by atoms with E-state index >= 15 is 0 Å². The van der Waals surface area contributed by atoms with Crippen LogP contribution in [0.1, 0.15) is 5.56 Å². The topological polar surface area (TPSA) is 46.4 Å². The summed E-state index contributed by atoms with van der Waals surface area (Å²) in [6.45, 7) is 7.20. The standard InChI is InChI=1S/C16H22N5O/c1-22-12-11-19-7-9-20(10-8-19)14-15-3-5-17-16(13-15)21-6-2-4-18-21/h3-6,13H,7-12,14H2,1H3. The number of hydrogen-bond donors (Lipinski definition) is 0. The molecule has 0 N–H and O–H groups in total. The minimum atomic E-state index is 0.814.